The molecule has 0 aromatic carbocycles. The van der Waals surface area contributed by atoms with Gasteiger partial charge in [-0.05, 0) is 36.6 Å². The number of aromatic nitrogens is 2. The number of hydrogen-bond acceptors (Lipinski definition) is 4. The van der Waals surface area contributed by atoms with Crippen LogP contribution >= 0.6 is 22.9 Å². The molecule has 1 N–H and O–H groups in total. The molecule has 3 nitrogen and oxygen atoms in total. The molecule has 2 aromatic heterocycles. The molecule has 0 bridgehead atoms. The highest BCUT2D eigenvalue weighted by atomic mass is 35.5. The average molecular weight is 268 g/mol. The van der Waals surface area contributed by atoms with E-state index in [1.54, 1.807) is 17.7 Å². The lowest BCUT2D eigenvalue weighted by Crippen LogP contribution is -2.12. The van der Waals surface area contributed by atoms with Crippen LogP contribution in [0.1, 0.15) is 19.3 Å². The number of fused-ring (bicyclic) bond motifs is 1. The third-order valence-corrected chi connectivity index (χ3v) is 4.51. The maximum Gasteiger partial charge on any atom is 0.138 e. The Morgan fingerprint density at radius 2 is 2.35 bits per heavy atom. The van der Waals surface area contributed by atoms with Crippen molar-refractivity contribution in [3.8, 4) is 0 Å². The van der Waals surface area contributed by atoms with E-state index in [4.69, 9.17) is 11.6 Å². The van der Waals surface area contributed by atoms with Gasteiger partial charge in [-0.15, -0.1) is 22.9 Å². The van der Waals surface area contributed by atoms with E-state index >= 15 is 0 Å². The Labute approximate surface area is 109 Å². The summed E-state index contributed by atoms with van der Waals surface area (Å²) in [4.78, 5) is 9.60. The van der Waals surface area contributed by atoms with Crippen LogP contribution in [0.25, 0.3) is 10.2 Å². The second kappa shape index (κ2) is 4.78. The van der Waals surface area contributed by atoms with Gasteiger partial charge in [0.15, 0.2) is 0 Å². The molecule has 1 fully saturated rings. The quantitative estimate of drug-likeness (QED) is 0.865. The highest BCUT2D eigenvalue weighted by molar-refractivity contribution is 7.16. The standard InChI is InChI=1S/C12H14ClN3S/c13-9-2-1-8(5-9)6-14-11-10-3-4-17-12(10)16-7-15-11/h3-4,7-9H,1-2,5-6H2,(H,14,15,16). The van der Waals surface area contributed by atoms with Gasteiger partial charge < -0.3 is 5.32 Å². The summed E-state index contributed by atoms with van der Waals surface area (Å²) in [6, 6.07) is 2.07. The lowest BCUT2D eigenvalue weighted by molar-refractivity contribution is 0.580. The van der Waals surface area contributed by atoms with Gasteiger partial charge in [0.1, 0.15) is 17.0 Å². The van der Waals surface area contributed by atoms with Gasteiger partial charge in [-0.3, -0.25) is 0 Å². The topological polar surface area (TPSA) is 37.8 Å². The smallest absolute Gasteiger partial charge is 0.138 e. The van der Waals surface area contributed by atoms with Crippen LogP contribution in [0.15, 0.2) is 17.8 Å². The number of nitrogens with zero attached hydrogens (tertiary/aromatic N) is 2. The van der Waals surface area contributed by atoms with Crippen molar-refractivity contribution in [1.29, 1.82) is 0 Å². The molecular weight excluding hydrogens is 254 g/mol. The molecule has 1 saturated carbocycles. The summed E-state index contributed by atoms with van der Waals surface area (Å²) < 4.78 is 0. The Kier molecular flexibility index (Phi) is 3.16. The number of nitrogens with one attached hydrogen (secondary N) is 1. The van der Waals surface area contributed by atoms with Crippen LogP contribution in [0.3, 0.4) is 0 Å². The molecule has 3 rings (SSSR count). The Bertz CT molecular complexity index is 513. The minimum absolute atomic E-state index is 0.369. The number of halogens is 1. The molecule has 0 saturated heterocycles. The van der Waals surface area contributed by atoms with E-state index in [9.17, 15) is 0 Å². The normalized spacial score (nSPS) is 24.3. The maximum absolute atomic E-state index is 6.11. The summed E-state index contributed by atoms with van der Waals surface area (Å²) in [6.45, 7) is 0.963. The predicted molar refractivity (Wildman–Crippen MR) is 72.9 cm³/mol. The molecule has 0 spiro atoms. The summed E-state index contributed by atoms with van der Waals surface area (Å²) in [5.74, 6) is 1.63. The average Bonchev–Trinajstić information content (AvgIpc) is 2.94. The van der Waals surface area contributed by atoms with Crippen LogP contribution in [0.5, 0.6) is 0 Å². The first-order valence-corrected chi connectivity index (χ1v) is 7.20. The predicted octanol–water partition coefficient (Wildman–Crippen LogP) is 3.51. The van der Waals surface area contributed by atoms with Gasteiger partial charge in [0.2, 0.25) is 0 Å². The van der Waals surface area contributed by atoms with E-state index < -0.39 is 0 Å². The first-order valence-electron chi connectivity index (χ1n) is 5.89. The van der Waals surface area contributed by atoms with Crippen molar-refractivity contribution in [2.24, 2.45) is 5.92 Å². The van der Waals surface area contributed by atoms with Crippen LogP contribution in [0, 0.1) is 5.92 Å². The van der Waals surface area contributed by atoms with Gasteiger partial charge in [0, 0.05) is 11.9 Å². The van der Waals surface area contributed by atoms with Gasteiger partial charge in [-0.2, -0.15) is 0 Å². The monoisotopic (exact) mass is 267 g/mol. The molecule has 2 heterocycles. The van der Waals surface area contributed by atoms with Crippen molar-refractivity contribution in [3.05, 3.63) is 17.8 Å². The van der Waals surface area contributed by atoms with Crippen molar-refractivity contribution >= 4 is 39.0 Å². The third-order valence-electron chi connectivity index (χ3n) is 3.30. The molecule has 0 amide bonds. The second-order valence-electron chi connectivity index (χ2n) is 4.52. The molecular formula is C12H14ClN3S. The third kappa shape index (κ3) is 2.38. The van der Waals surface area contributed by atoms with Crippen LogP contribution in [0.2, 0.25) is 0 Å². The number of rotatable bonds is 3. The second-order valence-corrected chi connectivity index (χ2v) is 6.03. The highest BCUT2D eigenvalue weighted by Gasteiger charge is 2.22. The van der Waals surface area contributed by atoms with E-state index in [0.717, 1.165) is 35.4 Å². The summed E-state index contributed by atoms with van der Waals surface area (Å²) in [5.41, 5.74) is 0. The lowest BCUT2D eigenvalue weighted by Gasteiger charge is -2.11. The van der Waals surface area contributed by atoms with Gasteiger partial charge in [0.05, 0.1) is 5.39 Å². The molecule has 17 heavy (non-hydrogen) atoms. The largest absolute Gasteiger partial charge is 0.369 e. The van der Waals surface area contributed by atoms with Crippen LogP contribution in [0.4, 0.5) is 5.82 Å². The fourth-order valence-electron chi connectivity index (χ4n) is 2.37. The first-order chi connectivity index (χ1) is 8.33. The molecule has 90 valence electrons. The SMILES string of the molecule is ClC1CCC(CNc2ncnc3sccc23)C1. The fourth-order valence-corrected chi connectivity index (χ4v) is 3.48. The summed E-state index contributed by atoms with van der Waals surface area (Å²) >= 11 is 7.76. The van der Waals surface area contributed by atoms with Crippen molar-refractivity contribution in [3.63, 3.8) is 0 Å². The van der Waals surface area contributed by atoms with Crippen molar-refractivity contribution in [2.45, 2.75) is 24.6 Å². The Balaban J connectivity index is 1.70. The fraction of sp³-hybridized carbons (Fsp3) is 0.500. The number of alkyl halides is 1. The lowest BCUT2D eigenvalue weighted by atomic mass is 10.1. The minimum atomic E-state index is 0.369. The number of hydrogen-bond donors (Lipinski definition) is 1. The van der Waals surface area contributed by atoms with Gasteiger partial charge >= 0.3 is 0 Å². The molecule has 0 aliphatic heterocycles. The highest BCUT2D eigenvalue weighted by Crippen LogP contribution is 2.30. The first kappa shape index (κ1) is 11.2. The zero-order chi connectivity index (χ0) is 11.7. The van der Waals surface area contributed by atoms with E-state index in [1.807, 2.05) is 0 Å². The van der Waals surface area contributed by atoms with Crippen LogP contribution < -0.4 is 5.32 Å². The molecule has 2 aromatic rings. The molecule has 2 unspecified atom stereocenters. The number of anilines is 1. The summed E-state index contributed by atoms with van der Waals surface area (Å²) in [7, 11) is 0. The van der Waals surface area contributed by atoms with Gasteiger partial charge in [-0.25, -0.2) is 9.97 Å². The van der Waals surface area contributed by atoms with Crippen LogP contribution in [-0.4, -0.2) is 21.9 Å². The Hall–Kier alpha value is -0.870. The molecule has 5 heteroatoms. The Morgan fingerprint density at radius 3 is 3.18 bits per heavy atom. The van der Waals surface area contributed by atoms with E-state index in [2.05, 4.69) is 26.7 Å². The summed E-state index contributed by atoms with van der Waals surface area (Å²) in [6.07, 6.45) is 5.11. The van der Waals surface area contributed by atoms with E-state index in [0.29, 0.717) is 11.3 Å². The number of thiophene rings is 1. The van der Waals surface area contributed by atoms with Crippen molar-refractivity contribution < 1.29 is 0 Å². The molecule has 0 radical (unpaired) electrons. The van der Waals surface area contributed by atoms with Gasteiger partial charge in [0.25, 0.3) is 0 Å². The van der Waals surface area contributed by atoms with Crippen molar-refractivity contribution in [2.75, 3.05) is 11.9 Å². The van der Waals surface area contributed by atoms with E-state index in [1.165, 1.54) is 6.42 Å². The molecule has 1 aliphatic carbocycles. The minimum Gasteiger partial charge on any atom is -0.369 e. The zero-order valence-electron chi connectivity index (χ0n) is 9.40. The van der Waals surface area contributed by atoms with Crippen LogP contribution in [-0.2, 0) is 0 Å². The summed E-state index contributed by atoms with van der Waals surface area (Å²) in [5, 5.41) is 6.98. The van der Waals surface area contributed by atoms with E-state index in [-0.39, 0.29) is 0 Å². The van der Waals surface area contributed by atoms with Crippen molar-refractivity contribution in [1.82, 2.24) is 9.97 Å². The molecule has 1 aliphatic rings. The maximum atomic E-state index is 6.11. The molecule has 2 atom stereocenters. The van der Waals surface area contributed by atoms with Gasteiger partial charge in [-0.1, -0.05) is 0 Å². The zero-order valence-corrected chi connectivity index (χ0v) is 11.0. The Morgan fingerprint density at radius 1 is 1.41 bits per heavy atom.